The number of halogens is 2. The Bertz CT molecular complexity index is 502. The van der Waals surface area contributed by atoms with Crippen LogP contribution in [-0.2, 0) is 9.84 Å². The minimum absolute atomic E-state index is 0.00969. The van der Waals surface area contributed by atoms with Crippen molar-refractivity contribution < 1.29 is 17.9 Å². The Balaban J connectivity index is 2.58. The molecule has 1 rings (SSSR count). The number of benzene rings is 1. The third-order valence-electron chi connectivity index (χ3n) is 2.69. The van der Waals surface area contributed by atoms with Crippen molar-refractivity contribution in [3.8, 4) is 0 Å². The molecule has 0 saturated heterocycles. The normalized spacial score (nSPS) is 13.6. The van der Waals surface area contributed by atoms with Gasteiger partial charge in [-0.25, -0.2) is 12.8 Å². The Morgan fingerprint density at radius 3 is 2.67 bits per heavy atom. The van der Waals surface area contributed by atoms with E-state index >= 15 is 0 Å². The van der Waals surface area contributed by atoms with Crippen molar-refractivity contribution in [1.82, 2.24) is 0 Å². The smallest absolute Gasteiger partial charge is 0.150 e. The van der Waals surface area contributed by atoms with Crippen molar-refractivity contribution in [3.63, 3.8) is 0 Å². The zero-order valence-electron chi connectivity index (χ0n) is 10.1. The summed E-state index contributed by atoms with van der Waals surface area (Å²) in [5, 5.41) is 10.0. The SMILES string of the molecule is CCS(=O)(=O)CCCC(O)c1ccc(Cl)cc1F. The van der Waals surface area contributed by atoms with Crippen LogP contribution < -0.4 is 0 Å². The molecule has 1 aromatic carbocycles. The van der Waals surface area contributed by atoms with Crippen molar-refractivity contribution >= 4 is 21.4 Å². The maximum atomic E-state index is 13.5. The van der Waals surface area contributed by atoms with Crippen molar-refractivity contribution in [2.24, 2.45) is 0 Å². The van der Waals surface area contributed by atoms with E-state index in [0.29, 0.717) is 6.42 Å². The van der Waals surface area contributed by atoms with Gasteiger partial charge in [0.2, 0.25) is 0 Å². The Morgan fingerprint density at radius 2 is 2.11 bits per heavy atom. The minimum Gasteiger partial charge on any atom is -0.388 e. The first kappa shape index (κ1) is 15.4. The topological polar surface area (TPSA) is 54.4 Å². The van der Waals surface area contributed by atoms with Crippen LogP contribution in [0.3, 0.4) is 0 Å². The summed E-state index contributed by atoms with van der Waals surface area (Å²) in [5.41, 5.74) is 0.147. The van der Waals surface area contributed by atoms with Gasteiger partial charge in [-0.1, -0.05) is 24.6 Å². The fourth-order valence-electron chi connectivity index (χ4n) is 1.57. The lowest BCUT2D eigenvalue weighted by Crippen LogP contribution is -2.10. The summed E-state index contributed by atoms with van der Waals surface area (Å²) >= 11 is 5.60. The van der Waals surface area contributed by atoms with Crippen LogP contribution in [-0.4, -0.2) is 25.0 Å². The molecule has 1 atom stereocenters. The van der Waals surface area contributed by atoms with Crippen molar-refractivity contribution in [2.45, 2.75) is 25.9 Å². The zero-order chi connectivity index (χ0) is 13.8. The average Bonchev–Trinajstić information content (AvgIpc) is 2.28. The van der Waals surface area contributed by atoms with Gasteiger partial charge in [0.1, 0.15) is 15.7 Å². The van der Waals surface area contributed by atoms with Gasteiger partial charge in [0.15, 0.2) is 0 Å². The number of aliphatic hydroxyl groups excluding tert-OH is 1. The van der Waals surface area contributed by atoms with Gasteiger partial charge < -0.3 is 5.11 Å². The van der Waals surface area contributed by atoms with E-state index < -0.39 is 21.8 Å². The predicted octanol–water partition coefficient (Wildman–Crippen LogP) is 2.73. The predicted molar refractivity (Wildman–Crippen MR) is 69.9 cm³/mol. The fourth-order valence-corrected chi connectivity index (χ4v) is 2.62. The summed E-state index contributed by atoms with van der Waals surface area (Å²) in [6.07, 6.45) is -0.494. The summed E-state index contributed by atoms with van der Waals surface area (Å²) in [7, 11) is -3.04. The van der Waals surface area contributed by atoms with E-state index in [9.17, 15) is 17.9 Å². The molecule has 0 saturated carbocycles. The second-order valence-corrected chi connectivity index (χ2v) is 6.97. The molecule has 1 aromatic rings. The van der Waals surface area contributed by atoms with Crippen LogP contribution in [0.2, 0.25) is 5.02 Å². The quantitative estimate of drug-likeness (QED) is 0.878. The van der Waals surface area contributed by atoms with E-state index in [4.69, 9.17) is 11.6 Å². The van der Waals surface area contributed by atoms with E-state index in [1.54, 1.807) is 6.92 Å². The summed E-state index contributed by atoms with van der Waals surface area (Å²) < 4.78 is 36.0. The monoisotopic (exact) mass is 294 g/mol. The van der Waals surface area contributed by atoms with Crippen LogP contribution in [0.1, 0.15) is 31.4 Å². The van der Waals surface area contributed by atoms with Gasteiger partial charge in [0.05, 0.1) is 11.9 Å². The number of aliphatic hydroxyl groups is 1. The molecule has 102 valence electrons. The van der Waals surface area contributed by atoms with Crippen LogP contribution in [0.4, 0.5) is 4.39 Å². The fraction of sp³-hybridized carbons (Fsp3) is 0.500. The number of hydrogen-bond acceptors (Lipinski definition) is 3. The minimum atomic E-state index is -3.04. The molecule has 0 aliphatic rings. The van der Waals surface area contributed by atoms with Crippen LogP contribution in [0.25, 0.3) is 0 Å². The molecule has 0 bridgehead atoms. The summed E-state index contributed by atoms with van der Waals surface area (Å²) in [4.78, 5) is 0. The van der Waals surface area contributed by atoms with Gasteiger partial charge in [-0.3, -0.25) is 0 Å². The molecule has 0 amide bonds. The van der Waals surface area contributed by atoms with Gasteiger partial charge >= 0.3 is 0 Å². The van der Waals surface area contributed by atoms with Gasteiger partial charge in [0.25, 0.3) is 0 Å². The van der Waals surface area contributed by atoms with Crippen molar-refractivity contribution in [1.29, 1.82) is 0 Å². The van der Waals surface area contributed by atoms with E-state index in [1.165, 1.54) is 12.1 Å². The second-order valence-electron chi connectivity index (χ2n) is 4.06. The summed E-state index contributed by atoms with van der Waals surface area (Å²) in [5.74, 6) is -0.484. The van der Waals surface area contributed by atoms with Crippen LogP contribution in [0.5, 0.6) is 0 Å². The van der Waals surface area contributed by atoms with E-state index in [0.717, 1.165) is 6.07 Å². The summed E-state index contributed by atoms with van der Waals surface area (Å²) in [6, 6.07) is 4.03. The van der Waals surface area contributed by atoms with Gasteiger partial charge in [-0.15, -0.1) is 0 Å². The standard InChI is InChI=1S/C12H16ClFO3S/c1-2-18(16,17)7-3-4-12(15)10-6-5-9(13)8-11(10)14/h5-6,8,12,15H,2-4,7H2,1H3. The molecule has 1 N–H and O–H groups in total. The van der Waals surface area contributed by atoms with E-state index in [2.05, 4.69) is 0 Å². The first-order chi connectivity index (χ1) is 8.35. The lowest BCUT2D eigenvalue weighted by Gasteiger charge is -2.12. The second kappa shape index (κ2) is 6.50. The highest BCUT2D eigenvalue weighted by Gasteiger charge is 2.15. The molecule has 0 fully saturated rings. The molecule has 3 nitrogen and oxygen atoms in total. The first-order valence-electron chi connectivity index (χ1n) is 5.69. The maximum absolute atomic E-state index is 13.5. The molecule has 1 unspecified atom stereocenters. The van der Waals surface area contributed by atoms with Gasteiger partial charge in [-0.2, -0.15) is 0 Å². The summed E-state index contributed by atoms with van der Waals surface area (Å²) in [6.45, 7) is 1.57. The van der Waals surface area contributed by atoms with Gasteiger partial charge in [0, 0.05) is 16.3 Å². The van der Waals surface area contributed by atoms with Crippen LogP contribution >= 0.6 is 11.6 Å². The lowest BCUT2D eigenvalue weighted by atomic mass is 10.1. The molecule has 0 aliphatic carbocycles. The first-order valence-corrected chi connectivity index (χ1v) is 7.89. The van der Waals surface area contributed by atoms with Crippen LogP contribution in [0.15, 0.2) is 18.2 Å². The molecule has 0 spiro atoms. The third kappa shape index (κ3) is 4.55. The molecule has 18 heavy (non-hydrogen) atoms. The molecule has 0 heterocycles. The average molecular weight is 295 g/mol. The number of hydrogen-bond donors (Lipinski definition) is 1. The Hall–Kier alpha value is -0.650. The Labute approximate surface area is 112 Å². The lowest BCUT2D eigenvalue weighted by molar-refractivity contribution is 0.162. The molecule has 0 aliphatic heterocycles. The van der Waals surface area contributed by atoms with Crippen LogP contribution in [0, 0.1) is 5.82 Å². The highest BCUT2D eigenvalue weighted by molar-refractivity contribution is 7.91. The van der Waals surface area contributed by atoms with E-state index in [-0.39, 0.29) is 28.5 Å². The zero-order valence-corrected chi connectivity index (χ0v) is 11.6. The number of rotatable bonds is 6. The molecule has 0 aromatic heterocycles. The van der Waals surface area contributed by atoms with Gasteiger partial charge in [-0.05, 0) is 25.0 Å². The maximum Gasteiger partial charge on any atom is 0.150 e. The molecule has 0 radical (unpaired) electrons. The largest absolute Gasteiger partial charge is 0.388 e. The van der Waals surface area contributed by atoms with E-state index in [1.807, 2.05) is 0 Å². The number of sulfone groups is 1. The Kier molecular flexibility index (Phi) is 5.56. The Morgan fingerprint density at radius 1 is 1.44 bits per heavy atom. The van der Waals surface area contributed by atoms with Crippen molar-refractivity contribution in [3.05, 3.63) is 34.6 Å². The highest BCUT2D eigenvalue weighted by atomic mass is 35.5. The highest BCUT2D eigenvalue weighted by Crippen LogP contribution is 2.24. The third-order valence-corrected chi connectivity index (χ3v) is 4.72. The van der Waals surface area contributed by atoms with Crippen molar-refractivity contribution in [2.75, 3.05) is 11.5 Å². The molecule has 6 heteroatoms. The molecular formula is C12H16ClFO3S. The molecular weight excluding hydrogens is 279 g/mol.